The van der Waals surface area contributed by atoms with Gasteiger partial charge in [-0.25, -0.2) is 4.98 Å². The molecule has 0 unspecified atom stereocenters. The van der Waals surface area contributed by atoms with Crippen LogP contribution in [-0.2, 0) is 0 Å². The van der Waals surface area contributed by atoms with Crippen molar-refractivity contribution in [2.24, 2.45) is 5.10 Å². The Labute approximate surface area is 199 Å². The van der Waals surface area contributed by atoms with Gasteiger partial charge in [-0.05, 0) is 60.8 Å². The number of halogens is 1. The maximum Gasteiger partial charge on any atom is 0.312 e. The normalized spacial score (nSPS) is 14.9. The van der Waals surface area contributed by atoms with Gasteiger partial charge in [0, 0.05) is 17.5 Å². The van der Waals surface area contributed by atoms with Gasteiger partial charge >= 0.3 is 5.69 Å². The molecule has 1 aromatic heterocycles. The van der Waals surface area contributed by atoms with E-state index in [-0.39, 0.29) is 29.0 Å². The molecule has 1 fully saturated rings. The predicted octanol–water partition coefficient (Wildman–Crippen LogP) is 5.78. The molecule has 8 nitrogen and oxygen atoms in total. The van der Waals surface area contributed by atoms with Crippen molar-refractivity contribution in [3.63, 3.8) is 0 Å². The fourth-order valence-electron chi connectivity index (χ4n) is 4.16. The van der Waals surface area contributed by atoms with Crippen molar-refractivity contribution in [1.82, 2.24) is 9.66 Å². The van der Waals surface area contributed by atoms with Crippen LogP contribution >= 0.6 is 15.9 Å². The Hall–Kier alpha value is -3.07. The van der Waals surface area contributed by atoms with Crippen molar-refractivity contribution in [3.05, 3.63) is 72.7 Å². The summed E-state index contributed by atoms with van der Waals surface area (Å²) in [6.45, 7) is 3.61. The second-order valence-electron chi connectivity index (χ2n) is 8.46. The van der Waals surface area contributed by atoms with E-state index in [9.17, 15) is 14.9 Å². The summed E-state index contributed by atoms with van der Waals surface area (Å²) in [7, 11) is 0. The van der Waals surface area contributed by atoms with Crippen LogP contribution < -0.4 is 10.3 Å². The number of nitrogens with zero attached hydrogens (tertiary/aromatic N) is 4. The standard InChI is InChI=1S/C24H25BrN4O4/c1-15(2)33-22-19(25)12-16(13-21(22)29(31)32)14-26-28-23(17-8-4-3-5-9-17)27-20-11-7-6-10-18(20)24(28)30/h6-7,10-15,17H,3-5,8-9H2,1-2H3. The average Bonchev–Trinajstić information content (AvgIpc) is 2.80. The van der Waals surface area contributed by atoms with Crippen molar-refractivity contribution in [2.45, 2.75) is 58.0 Å². The van der Waals surface area contributed by atoms with Crippen molar-refractivity contribution >= 4 is 38.7 Å². The lowest BCUT2D eigenvalue weighted by Crippen LogP contribution is -2.25. The highest BCUT2D eigenvalue weighted by molar-refractivity contribution is 9.10. The van der Waals surface area contributed by atoms with Gasteiger partial charge in [-0.1, -0.05) is 31.4 Å². The van der Waals surface area contributed by atoms with Crippen LogP contribution in [0.15, 0.2) is 50.8 Å². The Kier molecular flexibility index (Phi) is 6.88. The highest BCUT2D eigenvalue weighted by atomic mass is 79.9. The summed E-state index contributed by atoms with van der Waals surface area (Å²) in [6, 6.07) is 10.3. The van der Waals surface area contributed by atoms with E-state index in [1.54, 1.807) is 32.0 Å². The monoisotopic (exact) mass is 512 g/mol. The first-order chi connectivity index (χ1) is 15.8. The molecular formula is C24H25BrN4O4. The van der Waals surface area contributed by atoms with Gasteiger partial charge < -0.3 is 4.74 Å². The maximum absolute atomic E-state index is 13.3. The number of aromatic nitrogens is 2. The zero-order valence-electron chi connectivity index (χ0n) is 18.5. The number of para-hydroxylation sites is 1. The molecule has 1 aliphatic rings. The van der Waals surface area contributed by atoms with Crippen molar-refractivity contribution < 1.29 is 9.66 Å². The van der Waals surface area contributed by atoms with Gasteiger partial charge in [0.2, 0.25) is 5.75 Å². The second-order valence-corrected chi connectivity index (χ2v) is 9.31. The molecule has 1 saturated carbocycles. The quantitative estimate of drug-likeness (QED) is 0.236. The lowest BCUT2D eigenvalue weighted by Gasteiger charge is -2.22. The fourth-order valence-corrected chi connectivity index (χ4v) is 4.72. The lowest BCUT2D eigenvalue weighted by atomic mass is 9.88. The Morgan fingerprint density at radius 3 is 2.67 bits per heavy atom. The van der Waals surface area contributed by atoms with E-state index in [1.165, 1.54) is 23.4 Å². The number of nitro benzene ring substituents is 1. The number of benzene rings is 2. The topological polar surface area (TPSA) is 99.6 Å². The van der Waals surface area contributed by atoms with E-state index in [1.807, 2.05) is 12.1 Å². The third kappa shape index (κ3) is 4.98. The van der Waals surface area contributed by atoms with Gasteiger partial charge in [-0.3, -0.25) is 14.9 Å². The number of hydrogen-bond acceptors (Lipinski definition) is 6. The number of rotatable bonds is 6. The van der Waals surface area contributed by atoms with E-state index >= 15 is 0 Å². The van der Waals surface area contributed by atoms with Crippen LogP contribution in [0.3, 0.4) is 0 Å². The number of hydrogen-bond donors (Lipinski definition) is 0. The molecular weight excluding hydrogens is 488 g/mol. The van der Waals surface area contributed by atoms with Crippen LogP contribution in [0.4, 0.5) is 5.69 Å². The first-order valence-electron chi connectivity index (χ1n) is 11.1. The largest absolute Gasteiger partial charge is 0.483 e. The average molecular weight is 513 g/mol. The molecule has 1 aliphatic carbocycles. The van der Waals surface area contributed by atoms with Crippen LogP contribution in [0.5, 0.6) is 5.75 Å². The van der Waals surface area contributed by atoms with Crippen LogP contribution in [0.2, 0.25) is 0 Å². The summed E-state index contributed by atoms with van der Waals surface area (Å²) in [5.74, 6) is 0.957. The molecule has 0 aliphatic heterocycles. The Balaban J connectivity index is 1.81. The molecule has 33 heavy (non-hydrogen) atoms. The fraction of sp³-hybridized carbons (Fsp3) is 0.375. The zero-order chi connectivity index (χ0) is 23.5. The molecule has 0 spiro atoms. The second kappa shape index (κ2) is 9.82. The van der Waals surface area contributed by atoms with E-state index < -0.39 is 4.92 Å². The molecule has 0 saturated heterocycles. The first kappa shape index (κ1) is 23.1. The summed E-state index contributed by atoms with van der Waals surface area (Å²) in [6.07, 6.45) is 6.51. The number of fused-ring (bicyclic) bond motifs is 1. The molecule has 0 atom stereocenters. The molecule has 9 heteroatoms. The van der Waals surface area contributed by atoms with Gasteiger partial charge in [0.25, 0.3) is 5.56 Å². The minimum Gasteiger partial charge on any atom is -0.483 e. The van der Waals surface area contributed by atoms with Gasteiger partial charge in [-0.15, -0.1) is 0 Å². The van der Waals surface area contributed by atoms with E-state index in [0.29, 0.717) is 26.8 Å². The van der Waals surface area contributed by atoms with Crippen LogP contribution in [0, 0.1) is 10.1 Å². The van der Waals surface area contributed by atoms with Crippen molar-refractivity contribution in [3.8, 4) is 5.75 Å². The van der Waals surface area contributed by atoms with Gasteiger partial charge in [0.15, 0.2) is 0 Å². The molecule has 4 rings (SSSR count). The third-order valence-corrected chi connectivity index (χ3v) is 6.26. The Morgan fingerprint density at radius 2 is 1.97 bits per heavy atom. The highest BCUT2D eigenvalue weighted by Gasteiger charge is 2.23. The lowest BCUT2D eigenvalue weighted by molar-refractivity contribution is -0.386. The SMILES string of the molecule is CC(C)Oc1c(Br)cc(C=Nn2c(C3CCCCC3)nc3ccccc3c2=O)cc1[N+](=O)[O-]. The first-order valence-corrected chi connectivity index (χ1v) is 11.8. The van der Waals surface area contributed by atoms with Gasteiger partial charge in [-0.2, -0.15) is 9.78 Å². The molecule has 172 valence electrons. The Morgan fingerprint density at radius 1 is 1.24 bits per heavy atom. The van der Waals surface area contributed by atoms with E-state index in [0.717, 1.165) is 25.7 Å². The summed E-state index contributed by atoms with van der Waals surface area (Å²) in [5, 5.41) is 16.6. The summed E-state index contributed by atoms with van der Waals surface area (Å²) in [5.41, 5.74) is 0.712. The van der Waals surface area contributed by atoms with Crippen molar-refractivity contribution in [2.75, 3.05) is 0 Å². The van der Waals surface area contributed by atoms with E-state index in [4.69, 9.17) is 9.72 Å². The number of nitro groups is 1. The third-order valence-electron chi connectivity index (χ3n) is 5.67. The minimum atomic E-state index is -0.489. The van der Waals surface area contributed by atoms with Gasteiger partial charge in [0.1, 0.15) is 5.82 Å². The summed E-state index contributed by atoms with van der Waals surface area (Å²) >= 11 is 3.37. The van der Waals surface area contributed by atoms with Crippen molar-refractivity contribution in [1.29, 1.82) is 0 Å². The molecule has 1 heterocycles. The summed E-state index contributed by atoms with van der Waals surface area (Å²) in [4.78, 5) is 29.2. The zero-order valence-corrected chi connectivity index (χ0v) is 20.1. The molecule has 3 aromatic rings. The highest BCUT2D eigenvalue weighted by Crippen LogP contribution is 2.37. The van der Waals surface area contributed by atoms with Crippen LogP contribution in [0.1, 0.15) is 63.3 Å². The predicted molar refractivity (Wildman–Crippen MR) is 131 cm³/mol. The molecule has 0 N–H and O–H groups in total. The molecule has 0 bridgehead atoms. The molecule has 2 aromatic carbocycles. The van der Waals surface area contributed by atoms with Gasteiger partial charge in [0.05, 0.1) is 32.6 Å². The smallest absolute Gasteiger partial charge is 0.312 e. The van der Waals surface area contributed by atoms with Crippen LogP contribution in [-0.4, -0.2) is 26.9 Å². The Bertz CT molecular complexity index is 1280. The van der Waals surface area contributed by atoms with Crippen LogP contribution in [0.25, 0.3) is 10.9 Å². The summed E-state index contributed by atoms with van der Waals surface area (Å²) < 4.78 is 7.43. The molecule has 0 radical (unpaired) electrons. The molecule has 0 amide bonds. The maximum atomic E-state index is 13.3. The van der Waals surface area contributed by atoms with E-state index in [2.05, 4.69) is 21.0 Å². The minimum absolute atomic E-state index is 0.149. The number of ether oxygens (including phenoxy) is 1.